The van der Waals surface area contributed by atoms with Gasteiger partial charge in [-0.2, -0.15) is 0 Å². The van der Waals surface area contributed by atoms with Gasteiger partial charge >= 0.3 is 5.63 Å². The highest BCUT2D eigenvalue weighted by Gasteiger charge is 2.27. The number of rotatable bonds is 6. The summed E-state index contributed by atoms with van der Waals surface area (Å²) in [4.78, 5) is 25.9. The van der Waals surface area contributed by atoms with Crippen molar-refractivity contribution in [2.75, 3.05) is 7.11 Å². The second kappa shape index (κ2) is 8.25. The monoisotopic (exact) mass is 400 g/mol. The zero-order valence-corrected chi connectivity index (χ0v) is 16.4. The summed E-state index contributed by atoms with van der Waals surface area (Å²) in [5.74, 6) is -0.422. The summed E-state index contributed by atoms with van der Waals surface area (Å²) in [5.41, 5.74) is 0.903. The number of carbonyl (C=O) groups is 1. The molecule has 1 heterocycles. The molecule has 5 heteroatoms. The van der Waals surface area contributed by atoms with Crippen LogP contribution in [0.25, 0.3) is 11.0 Å². The van der Waals surface area contributed by atoms with Gasteiger partial charge in [0.05, 0.1) is 18.1 Å². The van der Waals surface area contributed by atoms with Gasteiger partial charge in [0.1, 0.15) is 17.1 Å². The number of ketones is 1. The predicted molar refractivity (Wildman–Crippen MR) is 114 cm³/mol. The van der Waals surface area contributed by atoms with Crippen molar-refractivity contribution < 1.29 is 19.1 Å². The van der Waals surface area contributed by atoms with Crippen LogP contribution in [0.15, 0.2) is 88.1 Å². The summed E-state index contributed by atoms with van der Waals surface area (Å²) in [6.45, 7) is 0. The number of methoxy groups -OCH3 is 1. The highest BCUT2D eigenvalue weighted by molar-refractivity contribution is 5.97. The van der Waals surface area contributed by atoms with Gasteiger partial charge in [-0.15, -0.1) is 0 Å². The Morgan fingerprint density at radius 3 is 2.50 bits per heavy atom. The van der Waals surface area contributed by atoms with Crippen molar-refractivity contribution >= 4 is 16.8 Å². The van der Waals surface area contributed by atoms with Crippen molar-refractivity contribution in [2.24, 2.45) is 0 Å². The maximum Gasteiger partial charge on any atom is 0.343 e. The summed E-state index contributed by atoms with van der Waals surface area (Å²) < 4.78 is 10.8. The third kappa shape index (κ3) is 3.70. The van der Waals surface area contributed by atoms with E-state index in [1.54, 1.807) is 79.9 Å². The molecule has 4 rings (SSSR count). The van der Waals surface area contributed by atoms with Gasteiger partial charge in [-0.05, 0) is 29.8 Å². The van der Waals surface area contributed by atoms with Crippen LogP contribution in [-0.4, -0.2) is 18.0 Å². The number of ether oxygens (including phenoxy) is 1. The number of Topliss-reactive ketones (excluding diaryl/α,β-unsaturated/α-hetero) is 1. The first-order valence-corrected chi connectivity index (χ1v) is 9.55. The fourth-order valence-corrected chi connectivity index (χ4v) is 3.63. The Bertz CT molecular complexity index is 1260. The topological polar surface area (TPSA) is 76.7 Å². The van der Waals surface area contributed by atoms with E-state index in [9.17, 15) is 14.7 Å². The van der Waals surface area contributed by atoms with Crippen molar-refractivity contribution in [3.8, 4) is 11.5 Å². The molecule has 3 aromatic carbocycles. The van der Waals surface area contributed by atoms with Gasteiger partial charge in [0.15, 0.2) is 5.78 Å². The van der Waals surface area contributed by atoms with Gasteiger partial charge in [0, 0.05) is 17.9 Å². The van der Waals surface area contributed by atoms with Crippen LogP contribution in [-0.2, 0) is 0 Å². The Morgan fingerprint density at radius 1 is 1.00 bits per heavy atom. The lowest BCUT2D eigenvalue weighted by atomic mass is 9.85. The summed E-state index contributed by atoms with van der Waals surface area (Å²) in [7, 11) is 1.55. The minimum Gasteiger partial charge on any atom is -0.507 e. The first-order chi connectivity index (χ1) is 14.6. The number of carbonyl (C=O) groups excluding carboxylic acids is 1. The molecule has 0 unspecified atom stereocenters. The lowest BCUT2D eigenvalue weighted by Gasteiger charge is -2.19. The molecule has 0 aliphatic rings. The molecule has 0 saturated carbocycles. The van der Waals surface area contributed by atoms with Gasteiger partial charge in [0.2, 0.25) is 0 Å². The molecule has 150 valence electrons. The van der Waals surface area contributed by atoms with E-state index in [4.69, 9.17) is 9.15 Å². The number of hydrogen-bond acceptors (Lipinski definition) is 5. The molecule has 0 spiro atoms. The smallest absolute Gasteiger partial charge is 0.343 e. The van der Waals surface area contributed by atoms with E-state index in [2.05, 4.69) is 0 Å². The number of aromatic hydroxyl groups is 1. The summed E-state index contributed by atoms with van der Waals surface area (Å²) in [5, 5.41) is 11.4. The van der Waals surface area contributed by atoms with Crippen LogP contribution in [0, 0.1) is 0 Å². The maximum atomic E-state index is 13.0. The van der Waals surface area contributed by atoms with E-state index in [-0.39, 0.29) is 23.5 Å². The largest absolute Gasteiger partial charge is 0.507 e. The second-order valence-electron chi connectivity index (χ2n) is 6.97. The van der Waals surface area contributed by atoms with Crippen molar-refractivity contribution in [3.63, 3.8) is 0 Å². The average molecular weight is 400 g/mol. The van der Waals surface area contributed by atoms with Crippen LogP contribution < -0.4 is 10.4 Å². The third-order valence-electron chi connectivity index (χ3n) is 5.15. The molecule has 0 aliphatic carbocycles. The van der Waals surface area contributed by atoms with Crippen LogP contribution >= 0.6 is 0 Å². The first kappa shape index (κ1) is 19.5. The standard InChI is InChI=1S/C25H20O5/c1-29-18-11-7-10-17(14-18)20(15-21(26)16-8-3-2-4-9-16)23-24(27)19-12-5-6-13-22(19)30-25(23)28/h2-14,20,27H,15H2,1H3/t20-/m1/s1. The SMILES string of the molecule is COc1cccc([C@@H](CC(=O)c2ccccc2)c2c(O)c3ccccc3oc2=O)c1. The van der Waals surface area contributed by atoms with E-state index < -0.39 is 11.5 Å². The van der Waals surface area contributed by atoms with Gasteiger partial charge < -0.3 is 14.3 Å². The number of fused-ring (bicyclic) bond motifs is 1. The highest BCUT2D eigenvalue weighted by atomic mass is 16.5. The fourth-order valence-electron chi connectivity index (χ4n) is 3.63. The molecule has 0 amide bonds. The van der Waals surface area contributed by atoms with Gasteiger partial charge in [-0.3, -0.25) is 4.79 Å². The van der Waals surface area contributed by atoms with E-state index in [0.29, 0.717) is 27.8 Å². The summed E-state index contributed by atoms with van der Waals surface area (Å²) >= 11 is 0. The van der Waals surface area contributed by atoms with Crippen molar-refractivity contribution in [3.05, 3.63) is 106 Å². The molecule has 1 N–H and O–H groups in total. The maximum absolute atomic E-state index is 13.0. The Balaban J connectivity index is 1.88. The van der Waals surface area contributed by atoms with Crippen molar-refractivity contribution in [1.29, 1.82) is 0 Å². The second-order valence-corrected chi connectivity index (χ2v) is 6.97. The van der Waals surface area contributed by atoms with Crippen LogP contribution in [0.1, 0.15) is 33.8 Å². The molecule has 0 aliphatic heterocycles. The normalized spacial score (nSPS) is 11.9. The zero-order chi connectivity index (χ0) is 21.1. The average Bonchev–Trinajstić information content (AvgIpc) is 2.79. The number of hydrogen-bond donors (Lipinski definition) is 1. The number of benzene rings is 3. The van der Waals surface area contributed by atoms with E-state index in [0.717, 1.165) is 0 Å². The third-order valence-corrected chi connectivity index (χ3v) is 5.15. The fraction of sp³-hybridized carbons (Fsp3) is 0.120. The van der Waals surface area contributed by atoms with Crippen LogP contribution in [0.3, 0.4) is 0 Å². The summed E-state index contributed by atoms with van der Waals surface area (Å²) in [6.07, 6.45) is -0.00611. The van der Waals surface area contributed by atoms with Crippen LogP contribution in [0.4, 0.5) is 0 Å². The molecule has 5 nitrogen and oxygen atoms in total. The lowest BCUT2D eigenvalue weighted by Crippen LogP contribution is -2.17. The summed E-state index contributed by atoms with van der Waals surface area (Å²) in [6, 6.07) is 22.8. The molecule has 1 atom stereocenters. The van der Waals surface area contributed by atoms with Crippen molar-refractivity contribution in [2.45, 2.75) is 12.3 Å². The Kier molecular flexibility index (Phi) is 5.35. The molecular weight excluding hydrogens is 380 g/mol. The lowest BCUT2D eigenvalue weighted by molar-refractivity contribution is 0.0977. The Labute approximate surface area is 173 Å². The first-order valence-electron chi connectivity index (χ1n) is 9.55. The van der Waals surface area contributed by atoms with Crippen LogP contribution in [0.5, 0.6) is 11.5 Å². The molecule has 30 heavy (non-hydrogen) atoms. The number of para-hydroxylation sites is 1. The zero-order valence-electron chi connectivity index (χ0n) is 16.4. The molecular formula is C25H20O5. The molecule has 0 radical (unpaired) electrons. The van der Waals surface area contributed by atoms with Crippen LogP contribution in [0.2, 0.25) is 0 Å². The molecule has 4 aromatic rings. The highest BCUT2D eigenvalue weighted by Crippen LogP contribution is 2.37. The Hall–Kier alpha value is -3.86. The van der Waals surface area contributed by atoms with E-state index in [1.807, 2.05) is 6.07 Å². The molecule has 1 aromatic heterocycles. The van der Waals surface area contributed by atoms with Gasteiger partial charge in [-0.1, -0.05) is 54.6 Å². The predicted octanol–water partition coefficient (Wildman–Crippen LogP) is 4.91. The van der Waals surface area contributed by atoms with Gasteiger partial charge in [0.25, 0.3) is 0 Å². The van der Waals surface area contributed by atoms with Gasteiger partial charge in [-0.25, -0.2) is 4.79 Å². The van der Waals surface area contributed by atoms with Crippen molar-refractivity contribution in [1.82, 2.24) is 0 Å². The minimum absolute atomic E-state index is 0.00611. The quantitative estimate of drug-likeness (QED) is 0.367. The molecule has 0 saturated heterocycles. The minimum atomic E-state index is -0.700. The molecule has 0 bridgehead atoms. The Morgan fingerprint density at radius 2 is 1.73 bits per heavy atom. The van der Waals surface area contributed by atoms with E-state index >= 15 is 0 Å². The van der Waals surface area contributed by atoms with E-state index in [1.165, 1.54) is 0 Å². The molecule has 0 fully saturated rings.